The monoisotopic (exact) mass is 1240 g/mol. The lowest BCUT2D eigenvalue weighted by Gasteiger charge is -2.32. The molecule has 3 aromatic rings. The number of aromatic hydroxyl groups is 1. The molecule has 17 N–H and O–H groups in total. The Morgan fingerprint density at radius 3 is 2.36 bits per heavy atom. The van der Waals surface area contributed by atoms with Gasteiger partial charge in [0.15, 0.2) is 0 Å². The van der Waals surface area contributed by atoms with Crippen molar-refractivity contribution in [2.45, 2.75) is 126 Å². The molecule has 31 nitrogen and oxygen atoms in total. The van der Waals surface area contributed by atoms with Crippen LogP contribution in [0.5, 0.6) is 11.5 Å². The van der Waals surface area contributed by atoms with E-state index < -0.39 is 163 Å². The molecule has 0 spiro atoms. The van der Waals surface area contributed by atoms with Crippen LogP contribution in [0.15, 0.2) is 41.4 Å². The molecule has 2 aromatic carbocycles. The van der Waals surface area contributed by atoms with Crippen LogP contribution in [-0.2, 0) is 67.0 Å². The maximum absolute atomic E-state index is 14.9. The molecule has 1 unspecified atom stereocenters. The molecule has 480 valence electrons. The summed E-state index contributed by atoms with van der Waals surface area (Å²) < 4.78 is 26.4. The number of aromatic nitrogens is 1. The van der Waals surface area contributed by atoms with Gasteiger partial charge in [-0.3, -0.25) is 42.6 Å². The molecule has 2 aliphatic heterocycles. The summed E-state index contributed by atoms with van der Waals surface area (Å²) in [5, 5.41) is 68.1. The van der Waals surface area contributed by atoms with Crippen molar-refractivity contribution in [1.29, 1.82) is 0 Å². The first-order valence-corrected chi connectivity index (χ1v) is 29.6. The molecule has 10 amide bonds. The largest absolute Gasteiger partial charge is 0.507 e. The van der Waals surface area contributed by atoms with Crippen LogP contribution in [0, 0.1) is 11.8 Å². The summed E-state index contributed by atoms with van der Waals surface area (Å²) >= 11 is 0. The van der Waals surface area contributed by atoms with E-state index in [4.69, 9.17) is 26.2 Å². The van der Waals surface area contributed by atoms with Gasteiger partial charge in [0, 0.05) is 63.4 Å². The number of fused-ring (bicyclic) bond motifs is 4. The molecule has 1 aromatic heterocycles. The first-order valence-electron chi connectivity index (χ1n) is 28.3. The number of ether oxygens (including phenoxy) is 2. The molecular formula is C55H80N12O19S. The van der Waals surface area contributed by atoms with Gasteiger partial charge in [0.05, 0.1) is 72.6 Å². The first kappa shape index (κ1) is 69.6. The second kappa shape index (κ2) is 33.7. The summed E-state index contributed by atoms with van der Waals surface area (Å²) in [4.78, 5) is 145. The van der Waals surface area contributed by atoms with Crippen LogP contribution < -0.4 is 53.6 Å². The van der Waals surface area contributed by atoms with E-state index in [2.05, 4.69) is 47.0 Å². The summed E-state index contributed by atoms with van der Waals surface area (Å²) in [5.74, 6) is -4.68. The molecule has 0 saturated carbocycles. The van der Waals surface area contributed by atoms with Crippen molar-refractivity contribution < 1.29 is 92.0 Å². The number of benzene rings is 2. The molecule has 1 saturated heterocycles. The van der Waals surface area contributed by atoms with Crippen LogP contribution in [0.3, 0.4) is 0 Å². The van der Waals surface area contributed by atoms with Gasteiger partial charge in [-0.1, -0.05) is 46.1 Å². The zero-order valence-electron chi connectivity index (χ0n) is 48.8. The highest BCUT2D eigenvalue weighted by Crippen LogP contribution is 2.31. The van der Waals surface area contributed by atoms with Crippen molar-refractivity contribution in [3.63, 3.8) is 0 Å². The number of amides is 10. The van der Waals surface area contributed by atoms with Crippen LogP contribution in [0.25, 0.3) is 10.9 Å². The Bertz CT molecular complexity index is 2970. The number of aliphatic hydroxyl groups is 4. The average Bonchev–Trinajstić information content (AvgIpc) is 1.75. The molecular weight excluding hydrogens is 1160 g/mol. The minimum Gasteiger partial charge on any atom is -0.507 e. The zero-order valence-corrected chi connectivity index (χ0v) is 49.6. The minimum atomic E-state index is -2.44. The van der Waals surface area contributed by atoms with Gasteiger partial charge in [-0.2, -0.15) is 5.90 Å². The van der Waals surface area contributed by atoms with Gasteiger partial charge in [-0.25, -0.2) is 9.59 Å². The molecule has 1 fully saturated rings. The summed E-state index contributed by atoms with van der Waals surface area (Å²) in [6.07, 6.45) is -3.64. The predicted octanol–water partition coefficient (Wildman–Crippen LogP) is -3.01. The number of rotatable bonds is 25. The lowest BCUT2D eigenvalue weighted by Crippen LogP contribution is -2.61. The van der Waals surface area contributed by atoms with Crippen molar-refractivity contribution in [3.8, 4) is 11.5 Å². The van der Waals surface area contributed by atoms with E-state index in [0.717, 1.165) is 11.3 Å². The Morgan fingerprint density at radius 1 is 0.931 bits per heavy atom. The Hall–Kier alpha value is -8.17. The third-order valence-electron chi connectivity index (χ3n) is 14.7. The number of hydrogen-bond acceptors (Lipinski definition) is 20. The number of carbonyl (C=O) groups is 10. The Kier molecular flexibility index (Phi) is 26.9. The highest BCUT2D eigenvalue weighted by Gasteiger charge is 2.45. The topological polar surface area (TPSA) is 475 Å². The van der Waals surface area contributed by atoms with Gasteiger partial charge in [0.1, 0.15) is 53.3 Å². The van der Waals surface area contributed by atoms with Gasteiger partial charge in [-0.05, 0) is 54.2 Å². The van der Waals surface area contributed by atoms with Crippen molar-refractivity contribution >= 4 is 81.1 Å². The Balaban J connectivity index is 1.43. The van der Waals surface area contributed by atoms with Crippen LogP contribution in [0.1, 0.15) is 87.2 Å². The summed E-state index contributed by atoms with van der Waals surface area (Å²) in [7, 11) is -0.869. The number of nitrogens with two attached hydrogens (primary N) is 2. The molecule has 10 atom stereocenters. The third-order valence-corrected chi connectivity index (χ3v) is 16.2. The van der Waals surface area contributed by atoms with Gasteiger partial charge in [0.25, 0.3) is 5.91 Å². The van der Waals surface area contributed by atoms with Gasteiger partial charge >= 0.3 is 12.2 Å². The fraction of sp³-hybridized carbons (Fsp3) is 0.564. The molecule has 2 aliphatic rings. The fourth-order valence-corrected chi connectivity index (χ4v) is 10.9. The quantitative estimate of drug-likeness (QED) is 0.0297. The zero-order chi connectivity index (χ0) is 64.1. The lowest BCUT2D eigenvalue weighted by molar-refractivity contribution is -0.144. The van der Waals surface area contributed by atoms with Crippen LogP contribution in [0.2, 0.25) is 0 Å². The van der Waals surface area contributed by atoms with E-state index >= 15 is 0 Å². The number of nitrogens with one attached hydrogen (secondary N) is 8. The maximum atomic E-state index is 14.9. The van der Waals surface area contributed by atoms with E-state index in [0.29, 0.717) is 48.9 Å². The number of carbonyl (C=O) groups excluding carboxylic acids is 10. The van der Waals surface area contributed by atoms with E-state index in [-0.39, 0.29) is 66.2 Å². The standard InChI is InChI=1S/C55H80N12O19S/c1-5-29(2)23-59-45(74)24-60-48(76)38-21-35-34-12-11-33(84-17-9-7-6-8-15-66(4)55(82)85-27-31-10-13-42(71)36(18-31)47(75)58-14-16-68)20-37(34)63-52(35)87(83)28-40(64-54(81)86-57)49(77)62-39(22-44(56)73)53(80)67-25-32(70)19-41(67)50(78)65-46(51(79)61-38)30(3)43(72)26-69/h10-13,18,20,29-30,32,38-41,43,46,63,68-72H,5-9,14-17,19,21-28,57H2,1-4H3,(H2,56,73)(H,58,75)(H,59,74)(H,60,76)(H,61,79)(H,62,77)(H,64,81)(H,65,78)/t29-,30-,32+,38-,39-,40-,41-,43-,46-,87?/m0/s1. The molecule has 0 bridgehead atoms. The van der Waals surface area contributed by atoms with Gasteiger partial charge in [-0.15, -0.1) is 0 Å². The third kappa shape index (κ3) is 20.2. The van der Waals surface area contributed by atoms with Crippen LogP contribution in [0.4, 0.5) is 9.59 Å². The minimum absolute atomic E-state index is 0.0118. The molecule has 0 radical (unpaired) electrons. The number of phenolic OH excluding ortho intramolecular Hbond substituents is 1. The van der Waals surface area contributed by atoms with E-state index in [9.17, 15) is 72.6 Å². The highest BCUT2D eigenvalue weighted by molar-refractivity contribution is 7.85. The fourth-order valence-electron chi connectivity index (χ4n) is 9.47. The molecule has 87 heavy (non-hydrogen) atoms. The molecule has 5 rings (SSSR count). The van der Waals surface area contributed by atoms with Crippen molar-refractivity contribution in [3.05, 3.63) is 53.1 Å². The first-order chi connectivity index (χ1) is 41.4. The van der Waals surface area contributed by atoms with E-state index in [1.54, 1.807) is 25.2 Å². The maximum Gasteiger partial charge on any atom is 0.426 e. The lowest BCUT2D eigenvalue weighted by atomic mass is 9.93. The number of hydrogen-bond donors (Lipinski definition) is 15. The van der Waals surface area contributed by atoms with Crippen LogP contribution in [-0.4, -0.2) is 212 Å². The number of aliphatic hydroxyl groups excluding tert-OH is 4. The van der Waals surface area contributed by atoms with Gasteiger partial charge in [0.2, 0.25) is 41.4 Å². The summed E-state index contributed by atoms with van der Waals surface area (Å²) in [6.45, 7) is 3.49. The number of phenols is 1. The molecule has 32 heteroatoms. The molecule has 3 heterocycles. The number of aromatic amines is 1. The highest BCUT2D eigenvalue weighted by atomic mass is 32.2. The van der Waals surface area contributed by atoms with Crippen LogP contribution >= 0.6 is 0 Å². The number of H-pyrrole nitrogens is 1. The Morgan fingerprint density at radius 2 is 1.67 bits per heavy atom. The second-order valence-electron chi connectivity index (χ2n) is 21.3. The van der Waals surface area contributed by atoms with E-state index in [1.165, 1.54) is 30.0 Å². The van der Waals surface area contributed by atoms with Crippen molar-refractivity contribution in [1.82, 2.24) is 52.0 Å². The second-order valence-corrected chi connectivity index (χ2v) is 22.8. The summed E-state index contributed by atoms with van der Waals surface area (Å²) in [6, 6.07) is 0.0455. The Labute approximate surface area is 503 Å². The van der Waals surface area contributed by atoms with Crippen molar-refractivity contribution in [2.75, 3.05) is 65.3 Å². The summed E-state index contributed by atoms with van der Waals surface area (Å²) in [5.41, 5.74) is 6.26. The average molecular weight is 1250 g/mol. The predicted molar refractivity (Wildman–Crippen MR) is 309 cm³/mol. The number of primary amides is 1. The normalized spacial score (nSPS) is 21.2. The number of unbranched alkanes of at least 4 members (excludes halogenated alkanes) is 3. The smallest absolute Gasteiger partial charge is 0.426 e. The number of nitrogens with zero attached hydrogens (tertiary/aromatic N) is 2. The van der Waals surface area contributed by atoms with Gasteiger partial charge < -0.3 is 97.6 Å². The molecule has 0 aliphatic carbocycles. The van der Waals surface area contributed by atoms with E-state index in [1.807, 2.05) is 13.8 Å². The SMILES string of the molecule is CC[C@H](C)CNC(=O)CNC(=O)[C@@H]1Cc2c([nH]c3cc(OCCCCCCN(C)C(=O)OCc4ccc(O)c(C(=O)NCCO)c4)ccc23)S(=O)C[C@H](NC(=O)ON)C(=O)N[C@@H](CC(N)=O)C(=O)N2C[C@H](O)C[C@H]2C(=O)N[C@@H]([C@@H](C)[C@@H](O)CO)C(=O)N1. The van der Waals surface area contributed by atoms with Crippen molar-refractivity contribution in [2.24, 2.45) is 23.5 Å².